The first-order valence-corrected chi connectivity index (χ1v) is 18.7. The van der Waals surface area contributed by atoms with Gasteiger partial charge in [0.05, 0.1) is 22.4 Å². The summed E-state index contributed by atoms with van der Waals surface area (Å²) >= 11 is 0. The Morgan fingerprint density at radius 2 is 1.24 bits per heavy atom. The minimum atomic E-state index is -0.00438. The van der Waals surface area contributed by atoms with Gasteiger partial charge in [-0.2, -0.15) is 0 Å². The van der Waals surface area contributed by atoms with Gasteiger partial charge in [-0.05, 0) is 121 Å². The number of benzene rings is 6. The van der Waals surface area contributed by atoms with Gasteiger partial charge in [0.25, 0.3) is 0 Å². The van der Waals surface area contributed by atoms with Crippen molar-refractivity contribution in [3.05, 3.63) is 168 Å². The van der Waals surface area contributed by atoms with Gasteiger partial charge in [0.1, 0.15) is 24.0 Å². The second-order valence-electron chi connectivity index (χ2n) is 15.6. The Bertz CT molecular complexity index is 2680. The normalized spacial score (nSPS) is 12.9. The van der Waals surface area contributed by atoms with Gasteiger partial charge < -0.3 is 14.5 Å². The summed E-state index contributed by atoms with van der Waals surface area (Å²) in [4.78, 5) is 9.66. The lowest BCUT2D eigenvalue weighted by molar-refractivity contribution is 0.483. The predicted octanol–water partition coefficient (Wildman–Crippen LogP) is 13.1. The third-order valence-electron chi connectivity index (χ3n) is 10.7. The molecule has 0 atom stereocenters. The van der Waals surface area contributed by atoms with Crippen molar-refractivity contribution in [1.82, 2.24) is 9.55 Å². The van der Waals surface area contributed by atoms with Crippen LogP contribution in [0.3, 0.4) is 0 Å². The summed E-state index contributed by atoms with van der Waals surface area (Å²) in [6.07, 6.45) is 1.92. The van der Waals surface area contributed by atoms with Crippen molar-refractivity contribution in [1.29, 1.82) is 0 Å². The molecule has 1 aliphatic rings. The van der Waals surface area contributed by atoms with Crippen molar-refractivity contribution in [3.8, 4) is 28.4 Å². The van der Waals surface area contributed by atoms with Crippen LogP contribution in [-0.2, 0) is 5.41 Å². The Morgan fingerprint density at radius 1 is 0.574 bits per heavy atom. The molecule has 2 aromatic heterocycles. The molecule has 5 heteroatoms. The molecule has 0 aliphatic carbocycles. The number of nitrogens with zero attached hydrogens (tertiary/aromatic N) is 4. The average molecular weight is 705 g/mol. The van der Waals surface area contributed by atoms with E-state index < -0.39 is 0 Å². The summed E-state index contributed by atoms with van der Waals surface area (Å²) in [7, 11) is 0. The van der Waals surface area contributed by atoms with Crippen LogP contribution in [-0.4, -0.2) is 16.2 Å². The summed E-state index contributed by atoms with van der Waals surface area (Å²) in [5.74, 6) is 2.45. The van der Waals surface area contributed by atoms with Crippen molar-refractivity contribution >= 4 is 44.6 Å². The van der Waals surface area contributed by atoms with Crippen molar-refractivity contribution in [2.24, 2.45) is 0 Å². The first-order chi connectivity index (χ1) is 26.1. The Balaban J connectivity index is 1.19. The van der Waals surface area contributed by atoms with Crippen LogP contribution in [0.1, 0.15) is 43.0 Å². The van der Waals surface area contributed by atoms with Crippen LogP contribution >= 0.6 is 0 Å². The third kappa shape index (κ3) is 5.86. The fraction of sp³-hybridized carbons (Fsp3) is 0.163. The Labute approximate surface area is 317 Å². The molecule has 0 spiro atoms. The number of fused-ring (bicyclic) bond motifs is 4. The quantitative estimate of drug-likeness (QED) is 0.173. The highest BCUT2D eigenvalue weighted by molar-refractivity contribution is 6.09. The molecule has 0 saturated carbocycles. The molecule has 0 unspecified atom stereocenters. The van der Waals surface area contributed by atoms with E-state index in [1.165, 1.54) is 38.9 Å². The van der Waals surface area contributed by atoms with E-state index in [-0.39, 0.29) is 5.41 Å². The van der Waals surface area contributed by atoms with E-state index in [0.29, 0.717) is 6.67 Å². The monoisotopic (exact) mass is 704 g/mol. The van der Waals surface area contributed by atoms with E-state index in [2.05, 4.69) is 195 Å². The predicted molar refractivity (Wildman–Crippen MR) is 225 cm³/mol. The molecule has 0 amide bonds. The molecule has 0 bridgehead atoms. The number of hydrogen-bond donors (Lipinski definition) is 0. The van der Waals surface area contributed by atoms with Crippen LogP contribution in [0.2, 0.25) is 0 Å². The van der Waals surface area contributed by atoms with Crippen molar-refractivity contribution in [2.75, 3.05) is 16.5 Å². The fourth-order valence-electron chi connectivity index (χ4n) is 8.25. The standard InChI is InChI=1S/C49H44N4O/c1-32-24-33(2)48(34(3)25-32)35-26-38(52-31-51(37-14-8-7-9-15-37)44-18-12-13-19-45(44)52)29-40(27-35)54-39-20-21-42-41-16-10-11-17-43(41)53(46(42)30-39)47-28-36(22-23-50-47)49(4,5)6/h7-30H,31H2,1-6H3. The summed E-state index contributed by atoms with van der Waals surface area (Å²) in [5, 5.41) is 2.35. The van der Waals surface area contributed by atoms with E-state index in [9.17, 15) is 0 Å². The van der Waals surface area contributed by atoms with Crippen LogP contribution in [0.25, 0.3) is 38.8 Å². The number of hydrogen-bond acceptors (Lipinski definition) is 4. The van der Waals surface area contributed by atoms with Gasteiger partial charge in [-0.1, -0.05) is 87.0 Å². The van der Waals surface area contributed by atoms with Crippen molar-refractivity contribution in [2.45, 2.75) is 47.0 Å². The van der Waals surface area contributed by atoms with E-state index in [1.54, 1.807) is 0 Å². The highest BCUT2D eigenvalue weighted by Gasteiger charge is 2.29. The molecule has 3 heterocycles. The topological polar surface area (TPSA) is 33.5 Å². The Morgan fingerprint density at radius 3 is 1.98 bits per heavy atom. The van der Waals surface area contributed by atoms with Gasteiger partial charge >= 0.3 is 0 Å². The molecule has 0 N–H and O–H groups in total. The molecule has 5 nitrogen and oxygen atoms in total. The maximum Gasteiger partial charge on any atom is 0.137 e. The zero-order chi connectivity index (χ0) is 37.1. The van der Waals surface area contributed by atoms with Gasteiger partial charge in [-0.25, -0.2) is 4.98 Å². The molecule has 0 saturated heterocycles. The van der Waals surface area contributed by atoms with Gasteiger partial charge in [0.2, 0.25) is 0 Å². The maximum absolute atomic E-state index is 6.94. The third-order valence-corrected chi connectivity index (χ3v) is 10.7. The molecule has 9 rings (SSSR count). The number of ether oxygens (including phenoxy) is 1. The highest BCUT2D eigenvalue weighted by Crippen LogP contribution is 2.46. The molecule has 54 heavy (non-hydrogen) atoms. The van der Waals surface area contributed by atoms with Crippen LogP contribution in [0, 0.1) is 20.8 Å². The lowest BCUT2D eigenvalue weighted by Crippen LogP contribution is -2.23. The number of pyridine rings is 1. The van der Waals surface area contributed by atoms with Crippen LogP contribution in [0.5, 0.6) is 11.5 Å². The minimum Gasteiger partial charge on any atom is -0.457 e. The molecule has 266 valence electrons. The zero-order valence-corrected chi connectivity index (χ0v) is 31.8. The number of anilines is 4. The smallest absolute Gasteiger partial charge is 0.137 e. The van der Waals surface area contributed by atoms with Crippen LogP contribution in [0.15, 0.2) is 146 Å². The lowest BCUT2D eigenvalue weighted by atomic mass is 9.88. The fourth-order valence-corrected chi connectivity index (χ4v) is 8.25. The number of aromatic nitrogens is 2. The molecular weight excluding hydrogens is 661 g/mol. The summed E-state index contributed by atoms with van der Waals surface area (Å²) < 4.78 is 9.21. The van der Waals surface area contributed by atoms with Crippen LogP contribution in [0.4, 0.5) is 22.7 Å². The second kappa shape index (κ2) is 13.0. The van der Waals surface area contributed by atoms with Gasteiger partial charge in [0.15, 0.2) is 0 Å². The molecule has 0 fully saturated rings. The Kier molecular flexibility index (Phi) is 8.04. The largest absolute Gasteiger partial charge is 0.457 e. The summed E-state index contributed by atoms with van der Waals surface area (Å²) in [5.41, 5.74) is 14.1. The van der Waals surface area contributed by atoms with Gasteiger partial charge in [0, 0.05) is 40.5 Å². The van der Waals surface area contributed by atoms with Crippen LogP contribution < -0.4 is 14.5 Å². The van der Waals surface area contributed by atoms with Crippen molar-refractivity contribution < 1.29 is 4.74 Å². The second-order valence-corrected chi connectivity index (χ2v) is 15.6. The lowest BCUT2D eigenvalue weighted by Gasteiger charge is -2.24. The maximum atomic E-state index is 6.94. The summed E-state index contributed by atoms with van der Waals surface area (Å²) in [6.45, 7) is 14.0. The first kappa shape index (κ1) is 33.5. The molecule has 0 radical (unpaired) electrons. The Hall–Kier alpha value is -6.33. The number of rotatable bonds is 6. The SMILES string of the molecule is Cc1cc(C)c(-c2cc(Oc3ccc4c5ccccc5n(-c5cc(C(C)(C)C)ccn5)c4c3)cc(N3CN(c4ccccc4)c4ccccc43)c2)c(C)c1. The van der Waals surface area contributed by atoms with E-state index in [0.717, 1.165) is 56.4 Å². The van der Waals surface area contributed by atoms with E-state index >= 15 is 0 Å². The highest BCUT2D eigenvalue weighted by atomic mass is 16.5. The minimum absolute atomic E-state index is 0.00438. The van der Waals surface area contributed by atoms with E-state index in [4.69, 9.17) is 9.72 Å². The first-order valence-electron chi connectivity index (χ1n) is 18.7. The van der Waals surface area contributed by atoms with E-state index in [1.807, 2.05) is 6.20 Å². The summed E-state index contributed by atoms with van der Waals surface area (Å²) in [6, 6.07) is 49.9. The number of aryl methyl sites for hydroxylation is 3. The molecule has 8 aromatic rings. The number of para-hydroxylation sites is 4. The zero-order valence-electron chi connectivity index (χ0n) is 31.8. The molecule has 6 aromatic carbocycles. The van der Waals surface area contributed by atoms with Gasteiger partial charge in [-0.3, -0.25) is 4.57 Å². The average Bonchev–Trinajstić information content (AvgIpc) is 3.71. The molecule has 1 aliphatic heterocycles. The van der Waals surface area contributed by atoms with Crippen molar-refractivity contribution in [3.63, 3.8) is 0 Å². The van der Waals surface area contributed by atoms with Gasteiger partial charge in [-0.15, -0.1) is 0 Å². The molecular formula is C49H44N4O.